The van der Waals surface area contributed by atoms with Crippen LogP contribution in [-0.2, 0) is 9.47 Å². The third-order valence-electron chi connectivity index (χ3n) is 3.47. The lowest BCUT2D eigenvalue weighted by Crippen LogP contribution is -2.51. The Morgan fingerprint density at radius 1 is 1.20 bits per heavy atom. The van der Waals surface area contributed by atoms with Crippen LogP contribution in [-0.4, -0.2) is 37.5 Å². The molecule has 1 N–H and O–H groups in total. The van der Waals surface area contributed by atoms with Crippen LogP contribution in [0.2, 0.25) is 0 Å². The van der Waals surface area contributed by atoms with Crippen molar-refractivity contribution in [2.24, 2.45) is 0 Å². The summed E-state index contributed by atoms with van der Waals surface area (Å²) in [6.45, 7) is 7.07. The van der Waals surface area contributed by atoms with E-state index in [9.17, 15) is 0 Å². The predicted octanol–water partition coefficient (Wildman–Crippen LogP) is 1.71. The maximum absolute atomic E-state index is 6.00. The number of nitrogens with one attached hydrogen (secondary N) is 1. The molecule has 3 heteroatoms. The summed E-state index contributed by atoms with van der Waals surface area (Å²) in [5.41, 5.74) is 0.128. The van der Waals surface area contributed by atoms with Crippen LogP contribution in [0.4, 0.5) is 0 Å². The van der Waals surface area contributed by atoms with E-state index >= 15 is 0 Å². The number of hydrogen-bond donors (Lipinski definition) is 1. The van der Waals surface area contributed by atoms with Crippen LogP contribution in [0.5, 0.6) is 0 Å². The molecule has 0 bridgehead atoms. The Labute approximate surface area is 92.5 Å². The van der Waals surface area contributed by atoms with E-state index in [-0.39, 0.29) is 5.60 Å². The van der Waals surface area contributed by atoms with Gasteiger partial charge in [-0.15, -0.1) is 0 Å². The summed E-state index contributed by atoms with van der Waals surface area (Å²) in [6, 6.07) is 1.21. The van der Waals surface area contributed by atoms with Crippen molar-refractivity contribution < 1.29 is 9.47 Å². The summed E-state index contributed by atoms with van der Waals surface area (Å²) >= 11 is 0. The van der Waals surface area contributed by atoms with Crippen molar-refractivity contribution in [2.45, 2.75) is 57.2 Å². The summed E-state index contributed by atoms with van der Waals surface area (Å²) in [5, 5.41) is 3.63. The zero-order valence-electron chi connectivity index (χ0n) is 9.92. The van der Waals surface area contributed by atoms with Crippen molar-refractivity contribution in [1.29, 1.82) is 0 Å². The minimum Gasteiger partial charge on any atom is -0.381 e. The van der Waals surface area contributed by atoms with Crippen LogP contribution in [0.15, 0.2) is 0 Å². The second kappa shape index (κ2) is 4.81. The second-order valence-corrected chi connectivity index (χ2v) is 5.15. The molecule has 0 aromatic heterocycles. The smallest absolute Gasteiger partial charge is 0.0741 e. The monoisotopic (exact) mass is 213 g/mol. The summed E-state index contributed by atoms with van der Waals surface area (Å²) in [4.78, 5) is 0. The van der Waals surface area contributed by atoms with Gasteiger partial charge in [0.1, 0.15) is 0 Å². The molecule has 2 fully saturated rings. The van der Waals surface area contributed by atoms with Gasteiger partial charge in [0, 0.05) is 31.9 Å². The Bertz CT molecular complexity index is 194. The minimum atomic E-state index is 0.128. The van der Waals surface area contributed by atoms with Gasteiger partial charge in [-0.1, -0.05) is 13.8 Å². The van der Waals surface area contributed by atoms with E-state index in [4.69, 9.17) is 9.47 Å². The highest BCUT2D eigenvalue weighted by Crippen LogP contribution is 2.34. The quantitative estimate of drug-likeness (QED) is 0.757. The van der Waals surface area contributed by atoms with Crippen molar-refractivity contribution in [3.8, 4) is 0 Å². The first-order chi connectivity index (χ1) is 7.20. The summed E-state index contributed by atoms with van der Waals surface area (Å²) < 4.78 is 11.4. The largest absolute Gasteiger partial charge is 0.381 e. The lowest BCUT2D eigenvalue weighted by molar-refractivity contribution is -0.140. The lowest BCUT2D eigenvalue weighted by atomic mass is 9.84. The number of hydrogen-bond acceptors (Lipinski definition) is 3. The first-order valence-corrected chi connectivity index (χ1v) is 6.18. The van der Waals surface area contributed by atoms with Crippen molar-refractivity contribution in [3.05, 3.63) is 0 Å². The summed E-state index contributed by atoms with van der Waals surface area (Å²) in [6.07, 6.45) is 4.46. The molecule has 2 saturated heterocycles. The maximum Gasteiger partial charge on any atom is 0.0741 e. The molecule has 0 aromatic carbocycles. The molecule has 1 atom stereocenters. The third kappa shape index (κ3) is 2.92. The molecule has 2 rings (SSSR count). The highest BCUT2D eigenvalue weighted by Gasteiger charge is 2.38. The molecule has 0 radical (unpaired) electrons. The van der Waals surface area contributed by atoms with Gasteiger partial charge in [-0.2, -0.15) is 0 Å². The molecule has 0 aromatic rings. The molecule has 0 aliphatic carbocycles. The van der Waals surface area contributed by atoms with E-state index in [0.29, 0.717) is 12.1 Å². The molecule has 0 saturated carbocycles. The second-order valence-electron chi connectivity index (χ2n) is 5.15. The fourth-order valence-electron chi connectivity index (χ4n) is 2.73. The predicted molar refractivity (Wildman–Crippen MR) is 60.0 cm³/mol. The Balaban J connectivity index is 1.90. The lowest BCUT2D eigenvalue weighted by Gasteiger charge is -2.44. The molecule has 15 heavy (non-hydrogen) atoms. The average Bonchev–Trinajstić information content (AvgIpc) is 2.17. The van der Waals surface area contributed by atoms with E-state index in [1.54, 1.807) is 0 Å². The van der Waals surface area contributed by atoms with E-state index in [0.717, 1.165) is 45.5 Å². The van der Waals surface area contributed by atoms with Gasteiger partial charge < -0.3 is 14.8 Å². The molecule has 3 nitrogen and oxygen atoms in total. The SMILES string of the molecule is CC(C)NC1CCOC2(CCOCC2)C1. The van der Waals surface area contributed by atoms with Gasteiger partial charge in [0.05, 0.1) is 5.60 Å². The van der Waals surface area contributed by atoms with Gasteiger partial charge >= 0.3 is 0 Å². The normalized spacial score (nSPS) is 31.0. The number of rotatable bonds is 2. The highest BCUT2D eigenvalue weighted by atomic mass is 16.5. The molecular weight excluding hydrogens is 190 g/mol. The Morgan fingerprint density at radius 2 is 1.93 bits per heavy atom. The van der Waals surface area contributed by atoms with E-state index in [2.05, 4.69) is 19.2 Å². The first-order valence-electron chi connectivity index (χ1n) is 6.18. The van der Waals surface area contributed by atoms with Gasteiger partial charge in [0.2, 0.25) is 0 Å². The van der Waals surface area contributed by atoms with Crippen LogP contribution in [0.3, 0.4) is 0 Å². The number of ether oxygens (including phenoxy) is 2. The zero-order valence-corrected chi connectivity index (χ0v) is 9.92. The van der Waals surface area contributed by atoms with Gasteiger partial charge in [0.15, 0.2) is 0 Å². The van der Waals surface area contributed by atoms with Crippen molar-refractivity contribution in [3.63, 3.8) is 0 Å². The fraction of sp³-hybridized carbons (Fsp3) is 1.00. The van der Waals surface area contributed by atoms with Crippen molar-refractivity contribution in [1.82, 2.24) is 5.32 Å². The molecule has 2 heterocycles. The van der Waals surface area contributed by atoms with E-state index in [1.807, 2.05) is 0 Å². The van der Waals surface area contributed by atoms with E-state index in [1.165, 1.54) is 0 Å². The Morgan fingerprint density at radius 3 is 2.60 bits per heavy atom. The minimum absolute atomic E-state index is 0.128. The maximum atomic E-state index is 6.00. The molecule has 0 amide bonds. The van der Waals surface area contributed by atoms with Gasteiger partial charge in [-0.05, 0) is 25.7 Å². The van der Waals surface area contributed by atoms with E-state index < -0.39 is 0 Å². The van der Waals surface area contributed by atoms with Crippen LogP contribution in [0, 0.1) is 0 Å². The highest BCUT2D eigenvalue weighted by molar-refractivity contribution is 4.91. The molecule has 1 unspecified atom stereocenters. The van der Waals surface area contributed by atoms with Gasteiger partial charge in [-0.25, -0.2) is 0 Å². The summed E-state index contributed by atoms with van der Waals surface area (Å²) in [7, 11) is 0. The Kier molecular flexibility index (Phi) is 3.65. The topological polar surface area (TPSA) is 30.5 Å². The van der Waals surface area contributed by atoms with Crippen molar-refractivity contribution in [2.75, 3.05) is 19.8 Å². The van der Waals surface area contributed by atoms with Crippen LogP contribution < -0.4 is 5.32 Å². The molecule has 2 aliphatic rings. The molecular formula is C12H23NO2. The standard InChI is InChI=1S/C12H23NO2/c1-10(2)13-11-3-6-15-12(9-11)4-7-14-8-5-12/h10-11,13H,3-9H2,1-2H3. The molecule has 2 aliphatic heterocycles. The van der Waals surface area contributed by atoms with Gasteiger partial charge in [0.25, 0.3) is 0 Å². The fourth-order valence-corrected chi connectivity index (χ4v) is 2.73. The molecule has 88 valence electrons. The molecule has 1 spiro atoms. The third-order valence-corrected chi connectivity index (χ3v) is 3.47. The zero-order chi connectivity index (χ0) is 10.7. The summed E-state index contributed by atoms with van der Waals surface area (Å²) in [5.74, 6) is 0. The average molecular weight is 213 g/mol. The first kappa shape index (κ1) is 11.4. The van der Waals surface area contributed by atoms with Crippen LogP contribution >= 0.6 is 0 Å². The van der Waals surface area contributed by atoms with Gasteiger partial charge in [-0.3, -0.25) is 0 Å². The van der Waals surface area contributed by atoms with Crippen LogP contribution in [0.1, 0.15) is 39.5 Å². The van der Waals surface area contributed by atoms with Crippen LogP contribution in [0.25, 0.3) is 0 Å². The van der Waals surface area contributed by atoms with Crippen molar-refractivity contribution >= 4 is 0 Å². The Hall–Kier alpha value is -0.120.